The van der Waals surface area contributed by atoms with Crippen molar-refractivity contribution in [2.45, 2.75) is 0 Å². The zero-order valence-electron chi connectivity index (χ0n) is 41.4. The van der Waals surface area contributed by atoms with Crippen LogP contribution in [-0.4, -0.2) is 19.5 Å². The molecule has 0 spiro atoms. The summed E-state index contributed by atoms with van der Waals surface area (Å²) in [5.74, 6) is 0.0230. The molecule has 9 rings (SSSR count). The van der Waals surface area contributed by atoms with Crippen molar-refractivity contribution >= 4 is 21.8 Å². The van der Waals surface area contributed by atoms with E-state index in [2.05, 4.69) is 0 Å². The number of hydrogen-bond acceptors (Lipinski definition) is 3. The van der Waals surface area contributed by atoms with E-state index in [4.69, 9.17) is 30.0 Å². The van der Waals surface area contributed by atoms with Gasteiger partial charge in [-0.3, -0.25) is 0 Å². The average molecular weight is 643 g/mol. The van der Waals surface area contributed by atoms with Gasteiger partial charge in [0.1, 0.15) is 0 Å². The first-order valence-corrected chi connectivity index (χ1v) is 15.2. The minimum atomic E-state index is -0.878. The van der Waals surface area contributed by atoms with Crippen LogP contribution in [0.25, 0.3) is 83.9 Å². The molecule has 0 amide bonds. The summed E-state index contributed by atoms with van der Waals surface area (Å²) in [5.41, 5.74) is -0.211. The molecular weight excluding hydrogens is 597 g/mol. The van der Waals surface area contributed by atoms with Crippen LogP contribution < -0.4 is 0 Å². The van der Waals surface area contributed by atoms with E-state index in [-0.39, 0.29) is 33.8 Å². The van der Waals surface area contributed by atoms with E-state index >= 15 is 0 Å². The van der Waals surface area contributed by atoms with Crippen molar-refractivity contribution in [2.24, 2.45) is 0 Å². The fourth-order valence-corrected chi connectivity index (χ4v) is 5.57. The largest absolute Gasteiger partial charge is 0.309 e. The van der Waals surface area contributed by atoms with Crippen LogP contribution in [0, 0.1) is 0 Å². The third kappa shape index (κ3) is 5.35. The predicted octanol–water partition coefficient (Wildman–Crippen LogP) is 11.3. The molecule has 2 aromatic heterocycles. The second-order valence-electron chi connectivity index (χ2n) is 10.9. The van der Waals surface area contributed by atoms with Crippen molar-refractivity contribution in [2.75, 3.05) is 0 Å². The van der Waals surface area contributed by atoms with E-state index in [1.807, 2.05) is 42.5 Å². The molecule has 7 aromatic carbocycles. The number of nitrogens with zero attached hydrogens (tertiary/aromatic N) is 4. The quantitative estimate of drug-likeness (QED) is 0.181. The number of rotatable bonds is 6. The summed E-state index contributed by atoms with van der Waals surface area (Å²) in [4.78, 5) is 14.2. The molecule has 4 nitrogen and oxygen atoms in total. The molecule has 0 aliphatic carbocycles. The Morgan fingerprint density at radius 1 is 0.367 bits per heavy atom. The Morgan fingerprint density at radius 3 is 1.65 bits per heavy atom. The summed E-state index contributed by atoms with van der Waals surface area (Å²) in [5, 5.41) is -0.696. The van der Waals surface area contributed by atoms with E-state index in [1.165, 1.54) is 0 Å². The van der Waals surface area contributed by atoms with Crippen molar-refractivity contribution < 1.29 is 21.9 Å². The number of para-hydroxylation sites is 1. The van der Waals surface area contributed by atoms with Gasteiger partial charge in [0.05, 0.1) is 33.0 Å². The molecule has 49 heavy (non-hydrogen) atoms. The molecule has 0 aliphatic heterocycles. The van der Waals surface area contributed by atoms with Crippen molar-refractivity contribution in [3.8, 4) is 62.1 Å². The molecule has 0 bridgehead atoms. The highest BCUT2D eigenvalue weighted by atomic mass is 15.0. The first kappa shape index (κ1) is 16.4. The molecule has 230 valence electrons. The molecule has 0 fully saturated rings. The van der Waals surface area contributed by atoms with E-state index < -0.39 is 125 Å². The SMILES string of the molecule is [2H]c1c([2H])c([2H])c(-c2c([2H])c([2H])c([2H])c(-n3c4c([2H])c([2H])c([2H])c([2H])c4c4c([2H])c([2H])c(-c5nc(-c6ccccc6)nc(-c6ccc(-c7ccccc7)cc6)n5)c([2H])c43)c2[2H])c([2H])c1[2H]. The van der Waals surface area contributed by atoms with Gasteiger partial charge in [0.15, 0.2) is 17.5 Å². The maximum Gasteiger partial charge on any atom is 0.164 e. The van der Waals surface area contributed by atoms with E-state index in [1.54, 1.807) is 42.5 Å². The molecule has 0 radical (unpaired) electrons. The van der Waals surface area contributed by atoms with Crippen molar-refractivity contribution in [3.63, 3.8) is 0 Å². The van der Waals surface area contributed by atoms with Gasteiger partial charge >= 0.3 is 0 Å². The molecule has 9 aromatic rings. The number of hydrogen-bond donors (Lipinski definition) is 0. The van der Waals surface area contributed by atoms with Crippen LogP contribution >= 0.6 is 0 Å². The molecule has 4 heteroatoms. The monoisotopic (exact) mass is 642 g/mol. The number of benzene rings is 7. The highest BCUT2D eigenvalue weighted by Crippen LogP contribution is 2.36. The van der Waals surface area contributed by atoms with Crippen molar-refractivity contribution in [1.82, 2.24) is 19.5 Å². The lowest BCUT2D eigenvalue weighted by Crippen LogP contribution is -2.00. The van der Waals surface area contributed by atoms with E-state index in [9.17, 15) is 6.85 Å². The summed E-state index contributed by atoms with van der Waals surface area (Å²) >= 11 is 0. The first-order valence-electron chi connectivity index (χ1n) is 23.2. The molecule has 0 N–H and O–H groups in total. The second-order valence-corrected chi connectivity index (χ2v) is 10.9. The van der Waals surface area contributed by atoms with Crippen molar-refractivity contribution in [3.05, 3.63) is 182 Å². The Labute approximate surface area is 307 Å². The Balaban J connectivity index is 1.42. The zero-order valence-corrected chi connectivity index (χ0v) is 25.4. The van der Waals surface area contributed by atoms with Gasteiger partial charge in [-0.15, -0.1) is 0 Å². The lowest BCUT2D eigenvalue weighted by molar-refractivity contribution is 1.07. The van der Waals surface area contributed by atoms with Gasteiger partial charge in [-0.05, 0) is 46.4 Å². The van der Waals surface area contributed by atoms with Gasteiger partial charge in [-0.2, -0.15) is 0 Å². The fourth-order valence-electron chi connectivity index (χ4n) is 5.57. The molecule has 0 atom stereocenters. The minimum absolute atomic E-state index is 0.133. The minimum Gasteiger partial charge on any atom is -0.309 e. The first-order chi connectivity index (χ1) is 31.0. The lowest BCUT2D eigenvalue weighted by atomic mass is 10.0. The van der Waals surface area contributed by atoms with Crippen LogP contribution in [0.1, 0.15) is 21.9 Å². The Bertz CT molecular complexity index is 3460. The third-order valence-corrected chi connectivity index (χ3v) is 7.88. The topological polar surface area (TPSA) is 43.6 Å². The van der Waals surface area contributed by atoms with Crippen LogP contribution in [0.4, 0.5) is 0 Å². The molecule has 2 heterocycles. The Morgan fingerprint density at radius 2 is 0.918 bits per heavy atom. The van der Waals surface area contributed by atoms with Crippen LogP contribution in [-0.2, 0) is 0 Å². The van der Waals surface area contributed by atoms with Gasteiger partial charge in [0, 0.05) is 33.2 Å². The number of fused-ring (bicyclic) bond motifs is 3. The Hall–Kier alpha value is -6.65. The molecule has 0 saturated carbocycles. The smallest absolute Gasteiger partial charge is 0.164 e. The molecule has 0 aliphatic rings. The lowest BCUT2D eigenvalue weighted by Gasteiger charge is -2.12. The second kappa shape index (κ2) is 12.2. The zero-order chi connectivity index (χ0) is 46.5. The molecular formula is C45H30N4. The summed E-state index contributed by atoms with van der Waals surface area (Å²) in [6.45, 7) is 0. The molecule has 0 unspecified atom stereocenters. The summed E-state index contributed by atoms with van der Waals surface area (Å²) in [6.07, 6.45) is 0. The maximum absolute atomic E-state index is 9.88. The third-order valence-electron chi connectivity index (χ3n) is 7.88. The highest BCUT2D eigenvalue weighted by molar-refractivity contribution is 6.10. The predicted molar refractivity (Wildman–Crippen MR) is 201 cm³/mol. The van der Waals surface area contributed by atoms with Gasteiger partial charge in [-0.1, -0.05) is 157 Å². The van der Waals surface area contributed by atoms with Crippen LogP contribution in [0.2, 0.25) is 0 Å². The van der Waals surface area contributed by atoms with E-state index in [0.29, 0.717) is 11.1 Å². The van der Waals surface area contributed by atoms with Crippen LogP contribution in [0.3, 0.4) is 0 Å². The highest BCUT2D eigenvalue weighted by Gasteiger charge is 2.17. The van der Waals surface area contributed by atoms with Crippen molar-refractivity contribution in [1.29, 1.82) is 0 Å². The van der Waals surface area contributed by atoms with Gasteiger partial charge < -0.3 is 4.57 Å². The summed E-state index contributed by atoms with van der Waals surface area (Å²) < 4.78 is 144. The normalized spacial score (nSPS) is 15.8. The molecule has 0 saturated heterocycles. The maximum atomic E-state index is 9.88. The standard InChI is InChI=1S/C45H30N4/c1-4-13-31(14-5-1)33-23-25-35(26-24-33)44-46-43(34-17-8-3-9-18-34)47-45(48-44)37-27-28-40-39-21-10-11-22-41(39)49(42(40)30-37)38-20-12-19-36(29-38)32-15-6-2-7-16-32/h1-30H/i2D,6D,7D,10D,11D,12D,15D,16D,19D,20D,21D,22D,27D,28D,29D,30D. The Kier molecular flexibility index (Phi) is 4.09. The van der Waals surface area contributed by atoms with Gasteiger partial charge in [0.25, 0.3) is 0 Å². The van der Waals surface area contributed by atoms with Crippen LogP contribution in [0.15, 0.2) is 182 Å². The summed E-state index contributed by atoms with van der Waals surface area (Å²) in [6, 6.07) is 13.7. The fraction of sp³-hybridized carbons (Fsp3) is 0. The van der Waals surface area contributed by atoms with Gasteiger partial charge in [0.2, 0.25) is 0 Å². The summed E-state index contributed by atoms with van der Waals surface area (Å²) in [7, 11) is 0. The average Bonchev–Trinajstić information content (AvgIpc) is 3.68. The van der Waals surface area contributed by atoms with E-state index in [0.717, 1.165) is 15.7 Å². The van der Waals surface area contributed by atoms with Crippen LogP contribution in [0.5, 0.6) is 0 Å². The number of aromatic nitrogens is 4. The van der Waals surface area contributed by atoms with Gasteiger partial charge in [-0.25, -0.2) is 15.0 Å².